The molecule has 1 aliphatic rings. The third kappa shape index (κ3) is 53.0. The summed E-state index contributed by atoms with van der Waals surface area (Å²) in [4.78, 5) is 0. The minimum Gasteiger partial charge on any atom is -0.0654 e. The van der Waals surface area contributed by atoms with Crippen LogP contribution < -0.4 is 0 Å². The highest BCUT2D eigenvalue weighted by atomic mass is 14.2. The SMILES string of the molecule is CCCCCCCCCCCCCCCCCCCCCCCCCCCCCCCCCCCCCCCCCCCCCCCCCCCCCCCCCCC1CCCCC1. The van der Waals surface area contributed by atoms with E-state index in [2.05, 4.69) is 6.92 Å². The van der Waals surface area contributed by atoms with E-state index in [4.69, 9.17) is 0 Å². The van der Waals surface area contributed by atoms with Gasteiger partial charge in [0.1, 0.15) is 0 Å². The van der Waals surface area contributed by atoms with Gasteiger partial charge in [-0.2, -0.15) is 0 Å². The summed E-state index contributed by atoms with van der Waals surface area (Å²) in [6.45, 7) is 2.31. The van der Waals surface area contributed by atoms with E-state index in [0.29, 0.717) is 0 Å². The number of rotatable bonds is 57. The maximum Gasteiger partial charge on any atom is -0.0414 e. The van der Waals surface area contributed by atoms with Crippen molar-refractivity contribution in [3.05, 3.63) is 0 Å². The van der Waals surface area contributed by atoms with Crippen molar-refractivity contribution in [2.75, 3.05) is 0 Å². The summed E-state index contributed by atoms with van der Waals surface area (Å²) in [5, 5.41) is 0. The highest BCUT2D eigenvalue weighted by Gasteiger charge is 2.12. The van der Waals surface area contributed by atoms with Gasteiger partial charge >= 0.3 is 0 Å². The minimum absolute atomic E-state index is 1.10. The maximum atomic E-state index is 2.31. The lowest BCUT2D eigenvalue weighted by Gasteiger charge is -2.21. The molecule has 0 aromatic carbocycles. The van der Waals surface area contributed by atoms with Gasteiger partial charge in [-0.3, -0.25) is 0 Å². The Morgan fingerprint density at radius 3 is 0.469 bits per heavy atom. The average molecular weight is 898 g/mol. The molecule has 384 valence electrons. The molecular weight excluding hydrogens is 769 g/mol. The summed E-state index contributed by atoms with van der Waals surface area (Å²) >= 11 is 0. The lowest BCUT2D eigenvalue weighted by atomic mass is 9.85. The van der Waals surface area contributed by atoms with Crippen molar-refractivity contribution < 1.29 is 0 Å². The maximum absolute atomic E-state index is 2.31. The van der Waals surface area contributed by atoms with Crippen LogP contribution >= 0.6 is 0 Å². The largest absolute Gasteiger partial charge is 0.0654 e. The zero-order valence-corrected chi connectivity index (χ0v) is 45.4. The molecule has 0 amide bonds. The molecule has 0 N–H and O–H groups in total. The van der Waals surface area contributed by atoms with Gasteiger partial charge in [-0.15, -0.1) is 0 Å². The molecule has 0 unspecified atom stereocenters. The second kappa shape index (κ2) is 57.3. The van der Waals surface area contributed by atoms with Gasteiger partial charge in [0.25, 0.3) is 0 Å². The molecule has 0 atom stereocenters. The van der Waals surface area contributed by atoms with Crippen LogP contribution in [0.1, 0.15) is 405 Å². The predicted octanol–water partition coefficient (Wildman–Crippen LogP) is 24.8. The molecule has 0 spiro atoms. The average Bonchev–Trinajstić information content (AvgIpc) is 3.31. The van der Waals surface area contributed by atoms with Crippen LogP contribution in [0.25, 0.3) is 0 Å². The van der Waals surface area contributed by atoms with E-state index < -0.39 is 0 Å². The summed E-state index contributed by atoms with van der Waals surface area (Å²) in [5.41, 5.74) is 0. The number of hydrogen-bond donors (Lipinski definition) is 0. The van der Waals surface area contributed by atoms with Gasteiger partial charge in [-0.25, -0.2) is 0 Å². The fourth-order valence-corrected chi connectivity index (χ4v) is 11.5. The zero-order chi connectivity index (χ0) is 45.4. The molecule has 0 aromatic heterocycles. The van der Waals surface area contributed by atoms with Gasteiger partial charge in [-0.05, 0) is 5.92 Å². The molecule has 0 saturated heterocycles. The lowest BCUT2D eigenvalue weighted by Crippen LogP contribution is -2.05. The van der Waals surface area contributed by atoms with E-state index in [1.54, 1.807) is 19.3 Å². The Balaban J connectivity index is 1.58. The van der Waals surface area contributed by atoms with Crippen molar-refractivity contribution in [1.29, 1.82) is 0 Å². The summed E-state index contributed by atoms with van der Waals surface area (Å²) in [6, 6.07) is 0. The highest BCUT2D eigenvalue weighted by molar-refractivity contribution is 4.66. The fourth-order valence-electron chi connectivity index (χ4n) is 11.5. The van der Waals surface area contributed by atoms with Crippen molar-refractivity contribution in [2.45, 2.75) is 405 Å². The molecule has 0 heterocycles. The molecule has 64 heavy (non-hydrogen) atoms. The smallest absolute Gasteiger partial charge is 0.0414 e. The Labute approximate surface area is 409 Å². The standard InChI is InChI=1S/C64H128/c1-2-3-4-5-6-7-8-9-10-11-12-13-14-15-16-17-18-19-20-21-22-23-24-25-26-27-28-29-30-31-32-33-34-35-36-37-38-39-40-41-42-43-44-45-46-47-48-49-50-51-52-53-54-55-56-58-61-64-62-59-57-60-63-64/h64H,2-63H2,1H3. The Hall–Kier alpha value is 0. The molecule has 1 saturated carbocycles. The van der Waals surface area contributed by atoms with Crippen LogP contribution in [0.3, 0.4) is 0 Å². The lowest BCUT2D eigenvalue weighted by molar-refractivity contribution is 0.328. The van der Waals surface area contributed by atoms with E-state index in [-0.39, 0.29) is 0 Å². The van der Waals surface area contributed by atoms with Crippen molar-refractivity contribution >= 4 is 0 Å². The van der Waals surface area contributed by atoms with Gasteiger partial charge < -0.3 is 0 Å². The van der Waals surface area contributed by atoms with Gasteiger partial charge in [0.15, 0.2) is 0 Å². The first-order valence-electron chi connectivity index (χ1n) is 31.9. The molecular formula is C64H128. The van der Waals surface area contributed by atoms with Gasteiger partial charge in [0.05, 0.1) is 0 Å². The van der Waals surface area contributed by atoms with Crippen molar-refractivity contribution in [2.24, 2.45) is 5.92 Å². The summed E-state index contributed by atoms with van der Waals surface area (Å²) in [5.74, 6) is 1.10. The molecule has 0 heteroatoms. The fraction of sp³-hybridized carbons (Fsp3) is 1.00. The molecule has 0 bridgehead atoms. The van der Waals surface area contributed by atoms with Crippen LogP contribution in [0.4, 0.5) is 0 Å². The molecule has 1 aliphatic carbocycles. The van der Waals surface area contributed by atoms with Crippen molar-refractivity contribution in [1.82, 2.24) is 0 Å². The van der Waals surface area contributed by atoms with Crippen LogP contribution in [0.2, 0.25) is 0 Å². The van der Waals surface area contributed by atoms with Gasteiger partial charge in [-0.1, -0.05) is 405 Å². The van der Waals surface area contributed by atoms with E-state index in [9.17, 15) is 0 Å². The van der Waals surface area contributed by atoms with Gasteiger partial charge in [0.2, 0.25) is 0 Å². The molecule has 0 aliphatic heterocycles. The highest BCUT2D eigenvalue weighted by Crippen LogP contribution is 2.28. The Morgan fingerprint density at radius 2 is 0.312 bits per heavy atom. The Morgan fingerprint density at radius 1 is 0.172 bits per heavy atom. The first-order chi connectivity index (χ1) is 31.9. The quantitative estimate of drug-likeness (QED) is 0.0534. The van der Waals surface area contributed by atoms with Crippen LogP contribution in [-0.2, 0) is 0 Å². The number of unbranched alkanes of at least 4 members (excludes halogenated alkanes) is 55. The number of hydrogen-bond acceptors (Lipinski definition) is 0. The second-order valence-corrected chi connectivity index (χ2v) is 22.7. The van der Waals surface area contributed by atoms with Crippen LogP contribution in [-0.4, -0.2) is 0 Å². The molecule has 0 radical (unpaired) electrons. The molecule has 0 nitrogen and oxygen atoms in total. The van der Waals surface area contributed by atoms with Crippen molar-refractivity contribution in [3.8, 4) is 0 Å². The zero-order valence-electron chi connectivity index (χ0n) is 45.4. The van der Waals surface area contributed by atoms with E-state index >= 15 is 0 Å². The molecule has 1 rings (SSSR count). The third-order valence-corrected chi connectivity index (χ3v) is 16.2. The van der Waals surface area contributed by atoms with E-state index in [1.165, 1.54) is 379 Å². The van der Waals surface area contributed by atoms with E-state index in [0.717, 1.165) is 5.92 Å². The molecule has 1 fully saturated rings. The summed E-state index contributed by atoms with van der Waals surface area (Å²) < 4.78 is 0. The van der Waals surface area contributed by atoms with Gasteiger partial charge in [0, 0.05) is 0 Å². The Bertz CT molecular complexity index is 777. The normalized spacial score (nSPS) is 13.5. The summed E-state index contributed by atoms with van der Waals surface area (Å²) in [6.07, 6.45) is 92.9. The topological polar surface area (TPSA) is 0 Å². The third-order valence-electron chi connectivity index (χ3n) is 16.2. The minimum atomic E-state index is 1.10. The summed E-state index contributed by atoms with van der Waals surface area (Å²) in [7, 11) is 0. The first kappa shape index (κ1) is 62.0. The van der Waals surface area contributed by atoms with Crippen molar-refractivity contribution in [3.63, 3.8) is 0 Å². The van der Waals surface area contributed by atoms with E-state index in [1.807, 2.05) is 0 Å². The van der Waals surface area contributed by atoms with Crippen LogP contribution in [0.15, 0.2) is 0 Å². The second-order valence-electron chi connectivity index (χ2n) is 22.7. The Kier molecular flexibility index (Phi) is 55.5. The monoisotopic (exact) mass is 897 g/mol. The van der Waals surface area contributed by atoms with Crippen LogP contribution in [0.5, 0.6) is 0 Å². The predicted molar refractivity (Wildman–Crippen MR) is 295 cm³/mol. The molecule has 0 aromatic rings. The first-order valence-corrected chi connectivity index (χ1v) is 31.9. The van der Waals surface area contributed by atoms with Crippen LogP contribution in [0, 0.1) is 5.92 Å².